The monoisotopic (exact) mass is 344 g/mol. The molecular weight excluding hydrogens is 312 g/mol. The van der Waals surface area contributed by atoms with Gasteiger partial charge in [0, 0.05) is 12.6 Å². The summed E-state index contributed by atoms with van der Waals surface area (Å²) in [5.41, 5.74) is 0. The van der Waals surface area contributed by atoms with Crippen molar-refractivity contribution in [3.05, 3.63) is 0 Å². The van der Waals surface area contributed by atoms with Gasteiger partial charge in [-0.1, -0.05) is 45.4 Å². The van der Waals surface area contributed by atoms with E-state index in [2.05, 4.69) is 5.32 Å². The normalized spacial score (nSPS) is 25.0. The van der Waals surface area contributed by atoms with Crippen LogP contribution < -0.4 is 5.32 Å². The molecule has 1 saturated heterocycles. The topological polar surface area (TPSA) is 66.5 Å². The minimum Gasteiger partial charge on any atom is -0.352 e. The van der Waals surface area contributed by atoms with Crippen LogP contribution in [0.2, 0.25) is 0 Å². The van der Waals surface area contributed by atoms with Gasteiger partial charge in [-0.25, -0.2) is 8.42 Å². The lowest BCUT2D eigenvalue weighted by molar-refractivity contribution is -0.125. The molecule has 0 radical (unpaired) electrons. The van der Waals surface area contributed by atoms with E-state index in [0.717, 1.165) is 38.5 Å². The lowest BCUT2D eigenvalue weighted by Gasteiger charge is -2.27. The summed E-state index contributed by atoms with van der Waals surface area (Å²) < 4.78 is 26.3. The van der Waals surface area contributed by atoms with Gasteiger partial charge in [0.15, 0.2) is 0 Å². The highest BCUT2D eigenvalue weighted by molar-refractivity contribution is 7.89. The second-order valence-electron chi connectivity index (χ2n) is 6.99. The first-order chi connectivity index (χ1) is 11.0. The molecule has 1 unspecified atom stereocenters. The van der Waals surface area contributed by atoms with Crippen molar-refractivity contribution in [2.24, 2.45) is 0 Å². The molecule has 1 aliphatic heterocycles. The number of rotatable bonds is 6. The van der Waals surface area contributed by atoms with Gasteiger partial charge < -0.3 is 5.32 Å². The number of unbranched alkanes of at least 4 members (excludes halogenated alkanes) is 1. The lowest BCUT2D eigenvalue weighted by atomic mass is 9.96. The van der Waals surface area contributed by atoms with Crippen molar-refractivity contribution in [1.29, 1.82) is 0 Å². The molecule has 5 nitrogen and oxygen atoms in total. The molecule has 0 bridgehead atoms. The van der Waals surface area contributed by atoms with Crippen LogP contribution in [0.5, 0.6) is 0 Å². The summed E-state index contributed by atoms with van der Waals surface area (Å²) in [4.78, 5) is 12.6. The number of nitrogens with one attached hydrogen (secondary N) is 1. The van der Waals surface area contributed by atoms with E-state index >= 15 is 0 Å². The summed E-state index contributed by atoms with van der Waals surface area (Å²) in [5, 5.41) is 3.14. The molecule has 0 aromatic rings. The van der Waals surface area contributed by atoms with Gasteiger partial charge in [0.2, 0.25) is 15.9 Å². The maximum atomic E-state index is 12.6. The quantitative estimate of drug-likeness (QED) is 0.806. The van der Waals surface area contributed by atoms with Crippen molar-refractivity contribution in [2.75, 3.05) is 12.3 Å². The molecule has 1 aliphatic carbocycles. The number of sulfonamides is 1. The third-order valence-electron chi connectivity index (χ3n) is 5.07. The molecule has 0 aromatic carbocycles. The Morgan fingerprint density at radius 1 is 1.04 bits per heavy atom. The number of hydrogen-bond donors (Lipinski definition) is 1. The third-order valence-corrected chi connectivity index (χ3v) is 7.03. The standard InChI is InChI=1S/C17H32N2O3S/c1-2-3-14-23(21,22)19-13-9-12-16(19)17(20)18-15-10-7-5-4-6-8-11-15/h15-16H,2-14H2,1H3,(H,18,20). The van der Waals surface area contributed by atoms with Crippen molar-refractivity contribution in [2.45, 2.75) is 89.6 Å². The Labute approximate surface area is 141 Å². The largest absolute Gasteiger partial charge is 0.352 e. The van der Waals surface area contributed by atoms with Crippen molar-refractivity contribution in [1.82, 2.24) is 9.62 Å². The number of carbonyl (C=O) groups excluding carboxylic acids is 1. The van der Waals surface area contributed by atoms with E-state index in [1.54, 1.807) is 0 Å². The maximum absolute atomic E-state index is 12.6. The minimum absolute atomic E-state index is 0.0758. The predicted molar refractivity (Wildman–Crippen MR) is 92.7 cm³/mol. The summed E-state index contributed by atoms with van der Waals surface area (Å²) in [7, 11) is -3.30. The van der Waals surface area contributed by atoms with Crippen LogP contribution in [0.1, 0.15) is 77.6 Å². The van der Waals surface area contributed by atoms with E-state index in [1.807, 2.05) is 6.92 Å². The lowest BCUT2D eigenvalue weighted by Crippen LogP contribution is -2.49. The molecule has 134 valence electrons. The van der Waals surface area contributed by atoms with Crippen LogP contribution in [0.3, 0.4) is 0 Å². The van der Waals surface area contributed by atoms with Gasteiger partial charge in [0.25, 0.3) is 0 Å². The Kier molecular flexibility index (Phi) is 7.34. The van der Waals surface area contributed by atoms with E-state index in [0.29, 0.717) is 19.4 Å². The molecule has 0 spiro atoms. The highest BCUT2D eigenvalue weighted by Gasteiger charge is 2.38. The van der Waals surface area contributed by atoms with Crippen molar-refractivity contribution < 1.29 is 13.2 Å². The SMILES string of the molecule is CCCCS(=O)(=O)N1CCCC1C(=O)NC1CCCCCCC1. The zero-order chi connectivity index (χ0) is 16.7. The van der Waals surface area contributed by atoms with Gasteiger partial charge in [-0.15, -0.1) is 0 Å². The zero-order valence-corrected chi connectivity index (χ0v) is 15.2. The summed E-state index contributed by atoms with van der Waals surface area (Å²) in [6.07, 6.45) is 11.1. The van der Waals surface area contributed by atoms with Gasteiger partial charge in [0.05, 0.1) is 5.75 Å². The molecule has 2 aliphatic rings. The van der Waals surface area contributed by atoms with E-state index in [9.17, 15) is 13.2 Å². The first-order valence-corrected chi connectivity index (χ1v) is 11.0. The molecule has 1 amide bonds. The zero-order valence-electron chi connectivity index (χ0n) is 14.4. The fourth-order valence-corrected chi connectivity index (χ4v) is 5.56. The van der Waals surface area contributed by atoms with E-state index in [-0.39, 0.29) is 17.7 Å². The van der Waals surface area contributed by atoms with Crippen LogP contribution >= 0.6 is 0 Å². The van der Waals surface area contributed by atoms with E-state index in [4.69, 9.17) is 0 Å². The average Bonchev–Trinajstić information content (AvgIpc) is 2.98. The van der Waals surface area contributed by atoms with Crippen LogP contribution in [-0.2, 0) is 14.8 Å². The molecule has 23 heavy (non-hydrogen) atoms. The average molecular weight is 345 g/mol. The Morgan fingerprint density at radius 2 is 1.70 bits per heavy atom. The third kappa shape index (κ3) is 5.45. The Hall–Kier alpha value is -0.620. The Balaban J connectivity index is 1.94. The highest BCUT2D eigenvalue weighted by atomic mass is 32.2. The van der Waals surface area contributed by atoms with Gasteiger partial charge in [0.1, 0.15) is 6.04 Å². The summed E-state index contributed by atoms with van der Waals surface area (Å²) >= 11 is 0. The van der Waals surface area contributed by atoms with Crippen LogP contribution in [-0.4, -0.2) is 43.0 Å². The maximum Gasteiger partial charge on any atom is 0.238 e. The van der Waals surface area contributed by atoms with E-state index < -0.39 is 16.1 Å². The Bertz CT molecular complexity index is 470. The molecule has 0 aromatic heterocycles. The van der Waals surface area contributed by atoms with Crippen molar-refractivity contribution in [3.8, 4) is 0 Å². The fraction of sp³-hybridized carbons (Fsp3) is 0.941. The van der Waals surface area contributed by atoms with Gasteiger partial charge >= 0.3 is 0 Å². The first kappa shape index (κ1) is 18.7. The van der Waals surface area contributed by atoms with Gasteiger partial charge in [-0.05, 0) is 32.1 Å². The van der Waals surface area contributed by atoms with Crippen LogP contribution in [0.15, 0.2) is 0 Å². The second kappa shape index (κ2) is 9.02. The summed E-state index contributed by atoms with van der Waals surface area (Å²) in [6.45, 7) is 2.48. The molecule has 2 fully saturated rings. The minimum atomic E-state index is -3.30. The predicted octanol–water partition coefficient (Wildman–Crippen LogP) is 2.81. The number of hydrogen-bond acceptors (Lipinski definition) is 3. The number of amides is 1. The molecule has 1 atom stereocenters. The van der Waals surface area contributed by atoms with E-state index in [1.165, 1.54) is 23.6 Å². The molecular formula is C17H32N2O3S. The summed E-state index contributed by atoms with van der Waals surface area (Å²) in [6, 6.07) is -0.258. The van der Waals surface area contributed by atoms with Crippen LogP contribution in [0.4, 0.5) is 0 Å². The van der Waals surface area contributed by atoms with Gasteiger partial charge in [-0.2, -0.15) is 4.31 Å². The molecule has 2 rings (SSSR count). The number of carbonyl (C=O) groups is 1. The number of nitrogens with zero attached hydrogens (tertiary/aromatic N) is 1. The fourth-order valence-electron chi connectivity index (χ4n) is 3.68. The smallest absolute Gasteiger partial charge is 0.238 e. The molecule has 1 N–H and O–H groups in total. The molecule has 1 heterocycles. The Morgan fingerprint density at radius 3 is 2.35 bits per heavy atom. The van der Waals surface area contributed by atoms with Crippen LogP contribution in [0, 0.1) is 0 Å². The second-order valence-corrected chi connectivity index (χ2v) is 9.03. The highest BCUT2D eigenvalue weighted by Crippen LogP contribution is 2.23. The van der Waals surface area contributed by atoms with Crippen LogP contribution in [0.25, 0.3) is 0 Å². The van der Waals surface area contributed by atoms with Gasteiger partial charge in [-0.3, -0.25) is 4.79 Å². The van der Waals surface area contributed by atoms with Crippen molar-refractivity contribution in [3.63, 3.8) is 0 Å². The molecule has 1 saturated carbocycles. The van der Waals surface area contributed by atoms with Crippen molar-refractivity contribution >= 4 is 15.9 Å². The molecule has 6 heteroatoms. The first-order valence-electron chi connectivity index (χ1n) is 9.34. The summed E-state index contributed by atoms with van der Waals surface area (Å²) in [5.74, 6) is 0.0876.